The van der Waals surface area contributed by atoms with E-state index in [4.69, 9.17) is 0 Å². The number of fused-ring (bicyclic) bond motifs is 1. The van der Waals surface area contributed by atoms with E-state index in [0.29, 0.717) is 5.52 Å². The fourth-order valence-electron chi connectivity index (χ4n) is 1.75. The molecule has 136 valence electrons. The zero-order valence-electron chi connectivity index (χ0n) is 12.5. The zero-order valence-corrected chi connectivity index (χ0v) is 12.5. The number of carbonyl (C=O) groups is 2. The number of carbonyl (C=O) groups excluding carboxylic acids is 2. The second-order valence-electron chi connectivity index (χ2n) is 4.82. The Morgan fingerprint density at radius 3 is 2.52 bits per heavy atom. The number of benzene rings is 1. The summed E-state index contributed by atoms with van der Waals surface area (Å²) >= 11 is 0. The van der Waals surface area contributed by atoms with Crippen molar-refractivity contribution in [3.8, 4) is 0 Å². The number of imidazole rings is 1. The molecule has 1 heterocycles. The van der Waals surface area contributed by atoms with Gasteiger partial charge in [-0.3, -0.25) is 10.1 Å². The average molecular weight is 366 g/mol. The van der Waals surface area contributed by atoms with Gasteiger partial charge in [0.1, 0.15) is 0 Å². The van der Waals surface area contributed by atoms with Gasteiger partial charge in [0, 0.05) is 5.56 Å². The molecule has 0 saturated heterocycles. The molecule has 0 spiro atoms. The molecular formula is C13H11F5N4O3. The van der Waals surface area contributed by atoms with Gasteiger partial charge in [-0.1, -0.05) is 0 Å². The number of hydrogen-bond donors (Lipinski definition) is 3. The molecule has 0 unspecified atom stereocenters. The number of amides is 2. The lowest BCUT2D eigenvalue weighted by Gasteiger charge is -2.19. The highest BCUT2D eigenvalue weighted by Crippen LogP contribution is 2.34. The first-order valence-corrected chi connectivity index (χ1v) is 6.61. The normalized spacial score (nSPS) is 12.1. The van der Waals surface area contributed by atoms with Crippen molar-refractivity contribution < 1.29 is 36.3 Å². The van der Waals surface area contributed by atoms with Crippen LogP contribution in [0.5, 0.6) is 0 Å². The SMILES string of the molecule is COC(=O)Nc1nc2ccc(C(=O)NCC(F)(F)C(F)(F)F)cc2[nH]1. The van der Waals surface area contributed by atoms with E-state index in [1.54, 1.807) is 0 Å². The van der Waals surface area contributed by atoms with Gasteiger partial charge in [-0.15, -0.1) is 0 Å². The minimum Gasteiger partial charge on any atom is -0.453 e. The second kappa shape index (κ2) is 6.53. The molecule has 2 aromatic rings. The average Bonchev–Trinajstić information content (AvgIpc) is 2.92. The minimum absolute atomic E-state index is 0.00279. The van der Waals surface area contributed by atoms with Crippen LogP contribution >= 0.6 is 0 Å². The lowest BCUT2D eigenvalue weighted by atomic mass is 10.2. The van der Waals surface area contributed by atoms with Crippen molar-refractivity contribution in [3.05, 3.63) is 23.8 Å². The maximum Gasteiger partial charge on any atom is 0.455 e. The van der Waals surface area contributed by atoms with Crippen LogP contribution in [-0.4, -0.2) is 47.7 Å². The van der Waals surface area contributed by atoms with E-state index in [9.17, 15) is 31.5 Å². The van der Waals surface area contributed by atoms with Crippen LogP contribution in [0.25, 0.3) is 11.0 Å². The van der Waals surface area contributed by atoms with Gasteiger partial charge < -0.3 is 15.0 Å². The highest BCUT2D eigenvalue weighted by molar-refractivity contribution is 5.98. The van der Waals surface area contributed by atoms with Gasteiger partial charge in [0.2, 0.25) is 5.95 Å². The molecule has 0 aliphatic rings. The lowest BCUT2D eigenvalue weighted by molar-refractivity contribution is -0.278. The number of methoxy groups -OCH3 is 1. The van der Waals surface area contributed by atoms with Crippen LogP contribution in [0.15, 0.2) is 18.2 Å². The predicted octanol–water partition coefficient (Wildman–Crippen LogP) is 2.67. The van der Waals surface area contributed by atoms with Gasteiger partial charge >= 0.3 is 18.2 Å². The summed E-state index contributed by atoms with van der Waals surface area (Å²) < 4.78 is 66.2. The molecule has 2 rings (SSSR count). The van der Waals surface area contributed by atoms with Crippen molar-refractivity contribution in [1.82, 2.24) is 15.3 Å². The third kappa shape index (κ3) is 4.14. The highest BCUT2D eigenvalue weighted by atomic mass is 19.4. The van der Waals surface area contributed by atoms with E-state index in [1.165, 1.54) is 23.5 Å². The van der Waals surface area contributed by atoms with Gasteiger partial charge in [-0.25, -0.2) is 9.78 Å². The molecule has 12 heteroatoms. The van der Waals surface area contributed by atoms with Crippen LogP contribution in [0.2, 0.25) is 0 Å². The Morgan fingerprint density at radius 2 is 1.92 bits per heavy atom. The number of aromatic nitrogens is 2. The van der Waals surface area contributed by atoms with Crippen LogP contribution in [0.3, 0.4) is 0 Å². The van der Waals surface area contributed by atoms with Gasteiger partial charge in [-0.05, 0) is 18.2 Å². The number of rotatable bonds is 4. The molecule has 0 fully saturated rings. The van der Waals surface area contributed by atoms with E-state index in [0.717, 1.165) is 7.11 Å². The van der Waals surface area contributed by atoms with E-state index in [-0.39, 0.29) is 17.0 Å². The monoisotopic (exact) mass is 366 g/mol. The number of alkyl halides is 5. The number of ether oxygens (including phenoxy) is 1. The molecule has 3 N–H and O–H groups in total. The van der Waals surface area contributed by atoms with Crippen molar-refractivity contribution >= 4 is 29.0 Å². The van der Waals surface area contributed by atoms with Crippen LogP contribution in [-0.2, 0) is 4.74 Å². The fourth-order valence-corrected chi connectivity index (χ4v) is 1.75. The number of H-pyrrole nitrogens is 1. The number of nitrogens with one attached hydrogen (secondary N) is 3. The van der Waals surface area contributed by atoms with Crippen molar-refractivity contribution in [2.75, 3.05) is 19.0 Å². The summed E-state index contributed by atoms with van der Waals surface area (Å²) in [6.45, 7) is -1.88. The molecule has 7 nitrogen and oxygen atoms in total. The molecule has 0 aliphatic heterocycles. The Labute approximate surface area is 136 Å². The van der Waals surface area contributed by atoms with Crippen LogP contribution in [0, 0.1) is 0 Å². The summed E-state index contributed by atoms with van der Waals surface area (Å²) in [5.74, 6) is -6.16. The number of nitrogens with zero attached hydrogens (tertiary/aromatic N) is 1. The van der Waals surface area contributed by atoms with Crippen LogP contribution in [0.1, 0.15) is 10.4 Å². The van der Waals surface area contributed by atoms with E-state index in [2.05, 4.69) is 20.0 Å². The van der Waals surface area contributed by atoms with Crippen LogP contribution in [0.4, 0.5) is 32.7 Å². The Hall–Kier alpha value is -2.92. The predicted molar refractivity (Wildman–Crippen MR) is 75.5 cm³/mol. The Kier molecular flexibility index (Phi) is 4.81. The topological polar surface area (TPSA) is 96.1 Å². The standard InChI is InChI=1S/C13H11F5N4O3/c1-25-11(24)22-10-20-7-3-2-6(4-8(7)21-10)9(23)19-5-12(14,15)13(16,17)18/h2-4H,5H2,1H3,(H,19,23)(H2,20,21,22,24). The smallest absolute Gasteiger partial charge is 0.453 e. The summed E-state index contributed by atoms with van der Waals surface area (Å²) in [6, 6.07) is 3.70. The van der Waals surface area contributed by atoms with Gasteiger partial charge in [0.05, 0.1) is 24.7 Å². The quantitative estimate of drug-likeness (QED) is 0.725. The summed E-state index contributed by atoms with van der Waals surface area (Å²) in [5, 5.41) is 3.76. The maximum atomic E-state index is 12.8. The van der Waals surface area contributed by atoms with Crippen molar-refractivity contribution in [2.45, 2.75) is 12.1 Å². The first-order chi connectivity index (χ1) is 11.5. The molecule has 0 saturated carbocycles. The van der Waals surface area contributed by atoms with Gasteiger partial charge in [-0.2, -0.15) is 22.0 Å². The molecule has 0 radical (unpaired) electrons. The number of hydrogen-bond acceptors (Lipinski definition) is 4. The molecule has 1 aromatic heterocycles. The third-order valence-corrected chi connectivity index (χ3v) is 3.04. The summed E-state index contributed by atoms with van der Waals surface area (Å²) in [7, 11) is 1.14. The molecule has 25 heavy (non-hydrogen) atoms. The van der Waals surface area contributed by atoms with Gasteiger partial charge in [0.25, 0.3) is 5.91 Å². The van der Waals surface area contributed by atoms with Crippen molar-refractivity contribution in [1.29, 1.82) is 0 Å². The van der Waals surface area contributed by atoms with Crippen LogP contribution < -0.4 is 10.6 Å². The Morgan fingerprint density at radius 1 is 1.24 bits per heavy atom. The van der Waals surface area contributed by atoms with E-state index in [1.807, 2.05) is 0 Å². The molecule has 0 aliphatic carbocycles. The molecule has 0 atom stereocenters. The largest absolute Gasteiger partial charge is 0.455 e. The summed E-state index contributed by atoms with van der Waals surface area (Å²) in [5.41, 5.74) is 0.406. The molecule has 0 bridgehead atoms. The lowest BCUT2D eigenvalue weighted by Crippen LogP contribution is -2.46. The number of aromatic amines is 1. The first-order valence-electron chi connectivity index (χ1n) is 6.61. The fraction of sp³-hybridized carbons (Fsp3) is 0.308. The molecule has 1 aromatic carbocycles. The van der Waals surface area contributed by atoms with Crippen molar-refractivity contribution in [3.63, 3.8) is 0 Å². The second-order valence-corrected chi connectivity index (χ2v) is 4.82. The maximum absolute atomic E-state index is 12.8. The molecule has 2 amide bonds. The minimum atomic E-state index is -5.76. The number of halogens is 5. The third-order valence-electron chi connectivity index (χ3n) is 3.04. The zero-order chi connectivity index (χ0) is 18.8. The highest BCUT2D eigenvalue weighted by Gasteiger charge is 2.57. The van der Waals surface area contributed by atoms with E-state index >= 15 is 0 Å². The Bertz CT molecular complexity index is 803. The van der Waals surface area contributed by atoms with Crippen molar-refractivity contribution in [2.24, 2.45) is 0 Å². The first kappa shape index (κ1) is 18.4. The van der Waals surface area contributed by atoms with E-state index < -0.39 is 30.6 Å². The molecular weight excluding hydrogens is 355 g/mol. The van der Waals surface area contributed by atoms with Gasteiger partial charge in [0.15, 0.2) is 0 Å². The summed E-state index contributed by atoms with van der Waals surface area (Å²) in [6.07, 6.45) is -6.56. The summed E-state index contributed by atoms with van der Waals surface area (Å²) in [4.78, 5) is 29.4. The Balaban J connectivity index is 2.13. The number of anilines is 1.